The van der Waals surface area contributed by atoms with Crippen molar-refractivity contribution in [3.63, 3.8) is 0 Å². The Bertz CT molecular complexity index is 458. The van der Waals surface area contributed by atoms with Gasteiger partial charge >= 0.3 is 5.97 Å². The highest BCUT2D eigenvalue weighted by Crippen LogP contribution is 2.23. The number of carbonyl (C=O) groups is 2. The molecule has 4 nitrogen and oxygen atoms in total. The van der Waals surface area contributed by atoms with E-state index < -0.39 is 0 Å². The van der Waals surface area contributed by atoms with Crippen molar-refractivity contribution >= 4 is 11.9 Å². The van der Waals surface area contributed by atoms with Gasteiger partial charge in [0.25, 0.3) is 0 Å². The molecule has 2 rings (SSSR count). The van der Waals surface area contributed by atoms with Crippen LogP contribution in [0.2, 0.25) is 0 Å². The quantitative estimate of drug-likeness (QED) is 0.783. The van der Waals surface area contributed by atoms with Gasteiger partial charge in [-0.1, -0.05) is 30.3 Å². The molecule has 1 saturated heterocycles. The fraction of sp³-hybridized carbons (Fsp3) is 0.467. The summed E-state index contributed by atoms with van der Waals surface area (Å²) in [6.07, 6.45) is 0.860. The lowest BCUT2D eigenvalue weighted by Gasteiger charge is -2.38. The number of amides is 1. The second-order valence-corrected chi connectivity index (χ2v) is 4.93. The first-order chi connectivity index (χ1) is 9.08. The Labute approximate surface area is 113 Å². The molecule has 1 heterocycles. The fourth-order valence-electron chi connectivity index (χ4n) is 2.46. The monoisotopic (exact) mass is 261 g/mol. The number of esters is 1. The smallest absolute Gasteiger partial charge is 0.302 e. The Morgan fingerprint density at radius 3 is 2.68 bits per heavy atom. The molecule has 0 radical (unpaired) electrons. The second kappa shape index (κ2) is 5.87. The standard InChI is InChI=1S/C15H19NO3/c1-11-14(19-12(2)17)8-9-15(18)16(11)10-13-6-4-3-5-7-13/h3-7,11,14H,8-10H2,1-2H3/t11-,14+/m1/s1. The minimum Gasteiger partial charge on any atom is -0.460 e. The zero-order chi connectivity index (χ0) is 13.8. The molecule has 0 unspecified atom stereocenters. The number of carbonyl (C=O) groups excluding carboxylic acids is 2. The number of ether oxygens (including phenoxy) is 1. The van der Waals surface area contributed by atoms with Gasteiger partial charge in [-0.3, -0.25) is 9.59 Å². The molecule has 0 aromatic heterocycles. The third-order valence-electron chi connectivity index (χ3n) is 3.51. The van der Waals surface area contributed by atoms with Crippen LogP contribution in [0.3, 0.4) is 0 Å². The summed E-state index contributed by atoms with van der Waals surface area (Å²) >= 11 is 0. The summed E-state index contributed by atoms with van der Waals surface area (Å²) in [7, 11) is 0. The van der Waals surface area contributed by atoms with Crippen LogP contribution in [0.5, 0.6) is 0 Å². The normalized spacial score (nSPS) is 23.3. The number of hydrogen-bond acceptors (Lipinski definition) is 3. The molecule has 0 bridgehead atoms. The number of hydrogen-bond donors (Lipinski definition) is 0. The maximum absolute atomic E-state index is 12.0. The molecule has 1 amide bonds. The van der Waals surface area contributed by atoms with Gasteiger partial charge in [0, 0.05) is 19.9 Å². The SMILES string of the molecule is CC(=O)O[C@H]1CCC(=O)N(Cc2ccccc2)[C@@H]1C. The van der Waals surface area contributed by atoms with E-state index in [9.17, 15) is 9.59 Å². The average Bonchev–Trinajstić information content (AvgIpc) is 2.39. The van der Waals surface area contributed by atoms with Crippen molar-refractivity contribution in [2.45, 2.75) is 45.4 Å². The van der Waals surface area contributed by atoms with Gasteiger partial charge < -0.3 is 9.64 Å². The molecule has 0 N–H and O–H groups in total. The molecule has 1 aliphatic rings. The Balaban J connectivity index is 2.08. The number of benzene rings is 1. The van der Waals surface area contributed by atoms with Crippen LogP contribution in [0.15, 0.2) is 30.3 Å². The molecule has 0 saturated carbocycles. The molecule has 2 atom stereocenters. The Morgan fingerprint density at radius 2 is 2.05 bits per heavy atom. The van der Waals surface area contributed by atoms with E-state index in [0.717, 1.165) is 5.56 Å². The van der Waals surface area contributed by atoms with Gasteiger partial charge in [0.05, 0.1) is 6.04 Å². The number of piperidine rings is 1. The summed E-state index contributed by atoms with van der Waals surface area (Å²) in [5.74, 6) is -0.161. The minimum absolute atomic E-state index is 0.0784. The van der Waals surface area contributed by atoms with Gasteiger partial charge in [-0.05, 0) is 18.9 Å². The highest BCUT2D eigenvalue weighted by Gasteiger charge is 2.34. The molecule has 0 aliphatic carbocycles. The van der Waals surface area contributed by atoms with Crippen molar-refractivity contribution in [2.24, 2.45) is 0 Å². The lowest BCUT2D eigenvalue weighted by Crippen LogP contribution is -2.50. The summed E-state index contributed by atoms with van der Waals surface area (Å²) in [4.78, 5) is 24.9. The van der Waals surface area contributed by atoms with E-state index in [1.165, 1.54) is 6.92 Å². The molecule has 19 heavy (non-hydrogen) atoms. The summed E-state index contributed by atoms with van der Waals surface area (Å²) in [6, 6.07) is 9.78. The molecule has 1 aliphatic heterocycles. The van der Waals surface area contributed by atoms with E-state index >= 15 is 0 Å². The maximum Gasteiger partial charge on any atom is 0.302 e. The van der Waals surface area contributed by atoms with E-state index in [1.807, 2.05) is 37.3 Å². The number of likely N-dealkylation sites (tertiary alicyclic amines) is 1. The Morgan fingerprint density at radius 1 is 1.37 bits per heavy atom. The molecular formula is C15H19NO3. The number of nitrogens with zero attached hydrogens (tertiary/aromatic N) is 1. The largest absolute Gasteiger partial charge is 0.460 e. The zero-order valence-electron chi connectivity index (χ0n) is 11.3. The predicted octanol–water partition coefficient (Wildman–Crippen LogP) is 2.13. The molecule has 1 aromatic carbocycles. The topological polar surface area (TPSA) is 46.6 Å². The van der Waals surface area contributed by atoms with Gasteiger partial charge in [-0.2, -0.15) is 0 Å². The van der Waals surface area contributed by atoms with Crippen LogP contribution >= 0.6 is 0 Å². The summed E-state index contributed by atoms with van der Waals surface area (Å²) in [5, 5.41) is 0. The van der Waals surface area contributed by atoms with Crippen LogP contribution in [0.4, 0.5) is 0 Å². The highest BCUT2D eigenvalue weighted by atomic mass is 16.5. The van der Waals surface area contributed by atoms with Gasteiger partial charge in [0.15, 0.2) is 0 Å². The van der Waals surface area contributed by atoms with Crippen LogP contribution < -0.4 is 0 Å². The zero-order valence-corrected chi connectivity index (χ0v) is 11.3. The van der Waals surface area contributed by atoms with E-state index in [0.29, 0.717) is 19.4 Å². The van der Waals surface area contributed by atoms with Crippen molar-refractivity contribution in [1.29, 1.82) is 0 Å². The highest BCUT2D eigenvalue weighted by molar-refractivity contribution is 5.77. The van der Waals surface area contributed by atoms with Crippen molar-refractivity contribution < 1.29 is 14.3 Å². The molecule has 1 aromatic rings. The van der Waals surface area contributed by atoms with Crippen molar-refractivity contribution in [2.75, 3.05) is 0 Å². The van der Waals surface area contributed by atoms with E-state index in [2.05, 4.69) is 0 Å². The Hall–Kier alpha value is -1.84. The van der Waals surface area contributed by atoms with E-state index in [1.54, 1.807) is 4.90 Å². The summed E-state index contributed by atoms with van der Waals surface area (Å²) in [6.45, 7) is 3.91. The van der Waals surface area contributed by atoms with Crippen LogP contribution in [0.1, 0.15) is 32.3 Å². The van der Waals surface area contributed by atoms with Crippen LogP contribution in [0, 0.1) is 0 Å². The molecule has 4 heteroatoms. The Kier molecular flexibility index (Phi) is 4.20. The third kappa shape index (κ3) is 3.34. The lowest BCUT2D eigenvalue weighted by molar-refractivity contribution is -0.159. The summed E-state index contributed by atoms with van der Waals surface area (Å²) in [5.41, 5.74) is 1.09. The third-order valence-corrected chi connectivity index (χ3v) is 3.51. The first-order valence-electron chi connectivity index (χ1n) is 6.58. The van der Waals surface area contributed by atoms with Crippen molar-refractivity contribution in [3.05, 3.63) is 35.9 Å². The van der Waals surface area contributed by atoms with Gasteiger partial charge in [-0.25, -0.2) is 0 Å². The number of rotatable bonds is 3. The summed E-state index contributed by atoms with van der Waals surface area (Å²) < 4.78 is 5.29. The lowest BCUT2D eigenvalue weighted by atomic mass is 9.98. The van der Waals surface area contributed by atoms with Crippen molar-refractivity contribution in [1.82, 2.24) is 4.90 Å². The molecule has 1 fully saturated rings. The minimum atomic E-state index is -0.286. The van der Waals surface area contributed by atoms with Crippen LogP contribution in [0.25, 0.3) is 0 Å². The van der Waals surface area contributed by atoms with E-state index in [4.69, 9.17) is 4.74 Å². The first-order valence-corrected chi connectivity index (χ1v) is 6.58. The molecule has 102 valence electrons. The van der Waals surface area contributed by atoms with Crippen LogP contribution in [-0.4, -0.2) is 28.9 Å². The second-order valence-electron chi connectivity index (χ2n) is 4.93. The van der Waals surface area contributed by atoms with Gasteiger partial charge in [-0.15, -0.1) is 0 Å². The maximum atomic E-state index is 12.0. The average molecular weight is 261 g/mol. The predicted molar refractivity (Wildman–Crippen MR) is 71.2 cm³/mol. The fourth-order valence-corrected chi connectivity index (χ4v) is 2.46. The molecular weight excluding hydrogens is 242 g/mol. The van der Waals surface area contributed by atoms with Crippen molar-refractivity contribution in [3.8, 4) is 0 Å². The van der Waals surface area contributed by atoms with Gasteiger partial charge in [0.2, 0.25) is 5.91 Å². The van der Waals surface area contributed by atoms with Crippen LogP contribution in [-0.2, 0) is 20.9 Å². The molecule has 0 spiro atoms. The van der Waals surface area contributed by atoms with Gasteiger partial charge in [0.1, 0.15) is 6.10 Å². The first kappa shape index (κ1) is 13.6. The van der Waals surface area contributed by atoms with E-state index in [-0.39, 0.29) is 24.0 Å².